The van der Waals surface area contributed by atoms with Crippen molar-refractivity contribution < 1.29 is 17.5 Å². The first-order valence-corrected chi connectivity index (χ1v) is 14.7. The zero-order valence-corrected chi connectivity index (χ0v) is 22.1. The zero-order valence-electron chi connectivity index (χ0n) is 21.3. The van der Waals surface area contributed by atoms with Crippen LogP contribution in [-0.4, -0.2) is 81.5 Å². The van der Waals surface area contributed by atoms with E-state index >= 15 is 0 Å². The lowest BCUT2D eigenvalue weighted by atomic mass is 9.82. The summed E-state index contributed by atoms with van der Waals surface area (Å²) in [7, 11) is -1.65. The Balaban J connectivity index is 1.19. The van der Waals surface area contributed by atoms with Crippen LogP contribution in [0.5, 0.6) is 0 Å². The Morgan fingerprint density at radius 2 is 1.86 bits per heavy atom. The molecule has 2 atom stereocenters. The van der Waals surface area contributed by atoms with Gasteiger partial charge in [-0.2, -0.15) is 23.0 Å². The first kappa shape index (κ1) is 26.4. The Morgan fingerprint density at radius 3 is 2.57 bits per heavy atom. The highest BCUT2D eigenvalue weighted by atomic mass is 32.2. The molecule has 0 bridgehead atoms. The summed E-state index contributed by atoms with van der Waals surface area (Å²) in [6.07, 6.45) is 6.17. The van der Waals surface area contributed by atoms with Crippen LogP contribution in [-0.2, 0) is 14.9 Å². The molecule has 0 radical (unpaired) electrons. The van der Waals surface area contributed by atoms with E-state index in [2.05, 4.69) is 29.4 Å². The molecule has 3 heterocycles. The molecule has 9 nitrogen and oxygen atoms in total. The third-order valence-corrected chi connectivity index (χ3v) is 9.11. The molecule has 1 aliphatic carbocycles. The minimum atomic E-state index is -3.62. The molecular weight excluding hydrogens is 495 g/mol. The van der Waals surface area contributed by atoms with Crippen molar-refractivity contribution in [2.45, 2.75) is 56.2 Å². The number of hydrogen-bond acceptors (Lipinski definition) is 7. The predicted octanol–water partition coefficient (Wildman–Crippen LogP) is 2.29. The molecule has 0 amide bonds. The van der Waals surface area contributed by atoms with Crippen molar-refractivity contribution in [3.8, 4) is 0 Å². The van der Waals surface area contributed by atoms with E-state index in [4.69, 9.17) is 4.74 Å². The number of rotatable bonds is 9. The lowest BCUT2D eigenvalue weighted by Crippen LogP contribution is -2.61. The minimum Gasteiger partial charge on any atom is -0.378 e. The largest absolute Gasteiger partial charge is 0.378 e. The van der Waals surface area contributed by atoms with Gasteiger partial charge in [0.1, 0.15) is 5.82 Å². The van der Waals surface area contributed by atoms with Crippen LogP contribution in [0.25, 0.3) is 0 Å². The van der Waals surface area contributed by atoms with E-state index in [1.807, 2.05) is 25.2 Å². The number of halogens is 1. The summed E-state index contributed by atoms with van der Waals surface area (Å²) >= 11 is 0. The van der Waals surface area contributed by atoms with Crippen molar-refractivity contribution in [3.05, 3.63) is 54.0 Å². The molecule has 2 N–H and O–H groups in total. The van der Waals surface area contributed by atoms with E-state index in [0.29, 0.717) is 32.0 Å². The van der Waals surface area contributed by atoms with Crippen LogP contribution in [0.15, 0.2) is 42.6 Å². The molecule has 202 valence electrons. The summed E-state index contributed by atoms with van der Waals surface area (Å²) in [5.41, 5.74) is 1.06. The molecule has 2 aliphatic heterocycles. The van der Waals surface area contributed by atoms with Crippen molar-refractivity contribution in [2.75, 3.05) is 44.7 Å². The molecule has 1 aromatic carbocycles. The second-order valence-electron chi connectivity index (χ2n) is 10.7. The third kappa shape index (κ3) is 7.02. The molecule has 11 heteroatoms. The summed E-state index contributed by atoms with van der Waals surface area (Å²) in [6, 6.07) is 10.4. The highest BCUT2D eigenvalue weighted by Gasteiger charge is 2.36. The van der Waals surface area contributed by atoms with Gasteiger partial charge >= 0.3 is 0 Å². The molecule has 3 aliphatic rings. The SMILES string of the molecule is CN1CC(NS(=O)(=O)N[C@H]2CCN(c3cccnn3)C[C@H]2CO[C@H]2CC[C@@H](c3cccc(F)c3)CC2)C1. The van der Waals surface area contributed by atoms with Crippen LogP contribution in [0, 0.1) is 11.7 Å². The topological polar surface area (TPSA) is 99.7 Å². The number of hydrogen-bond donors (Lipinski definition) is 2. The molecule has 2 aromatic rings. The molecule has 0 spiro atoms. The van der Waals surface area contributed by atoms with Gasteiger partial charge in [0.05, 0.1) is 12.7 Å². The molecular formula is C26H37FN6O3S. The average molecular weight is 533 g/mol. The van der Waals surface area contributed by atoms with E-state index in [-0.39, 0.29) is 29.9 Å². The number of benzene rings is 1. The third-order valence-electron chi connectivity index (χ3n) is 7.85. The van der Waals surface area contributed by atoms with E-state index < -0.39 is 10.2 Å². The second kappa shape index (κ2) is 11.7. The average Bonchev–Trinajstić information content (AvgIpc) is 2.88. The number of likely N-dealkylation sites (N-methyl/N-ethyl adjacent to an activating group) is 1. The van der Waals surface area contributed by atoms with Gasteiger partial charge in [0.15, 0.2) is 5.82 Å². The Hall–Kier alpha value is -2.18. The highest BCUT2D eigenvalue weighted by Crippen LogP contribution is 2.35. The van der Waals surface area contributed by atoms with Crippen molar-refractivity contribution in [2.24, 2.45) is 5.92 Å². The zero-order chi connectivity index (χ0) is 25.8. The minimum absolute atomic E-state index is 0.0302. The van der Waals surface area contributed by atoms with E-state index in [1.54, 1.807) is 18.3 Å². The molecule has 2 saturated heterocycles. The van der Waals surface area contributed by atoms with Crippen LogP contribution in [0.4, 0.5) is 10.2 Å². The van der Waals surface area contributed by atoms with Crippen molar-refractivity contribution in [1.82, 2.24) is 24.5 Å². The van der Waals surface area contributed by atoms with Gasteiger partial charge < -0.3 is 14.5 Å². The van der Waals surface area contributed by atoms with Gasteiger partial charge in [-0.15, -0.1) is 5.10 Å². The maximum Gasteiger partial charge on any atom is 0.277 e. The second-order valence-corrected chi connectivity index (χ2v) is 12.2. The van der Waals surface area contributed by atoms with Gasteiger partial charge in [-0.05, 0) is 74.9 Å². The summed E-state index contributed by atoms with van der Waals surface area (Å²) in [6.45, 7) is 3.23. The number of anilines is 1. The Kier molecular flexibility index (Phi) is 8.35. The van der Waals surface area contributed by atoms with Crippen LogP contribution >= 0.6 is 0 Å². The summed E-state index contributed by atoms with van der Waals surface area (Å²) in [5, 5.41) is 8.25. The van der Waals surface area contributed by atoms with Gasteiger partial charge in [0.2, 0.25) is 0 Å². The smallest absolute Gasteiger partial charge is 0.277 e. The Labute approximate surface area is 219 Å². The van der Waals surface area contributed by atoms with Crippen LogP contribution in [0.2, 0.25) is 0 Å². The molecule has 37 heavy (non-hydrogen) atoms. The molecule has 0 unspecified atom stereocenters. The highest BCUT2D eigenvalue weighted by molar-refractivity contribution is 7.87. The van der Waals surface area contributed by atoms with Crippen LogP contribution < -0.4 is 14.3 Å². The molecule has 1 saturated carbocycles. The lowest BCUT2D eigenvalue weighted by molar-refractivity contribution is -0.00220. The van der Waals surface area contributed by atoms with Crippen molar-refractivity contribution in [1.29, 1.82) is 0 Å². The maximum absolute atomic E-state index is 13.7. The van der Waals surface area contributed by atoms with Crippen LogP contribution in [0.1, 0.15) is 43.6 Å². The normalized spacial score (nSPS) is 27.7. The number of piperidine rings is 1. The van der Waals surface area contributed by atoms with Crippen molar-refractivity contribution >= 4 is 16.0 Å². The predicted molar refractivity (Wildman–Crippen MR) is 140 cm³/mol. The van der Waals surface area contributed by atoms with Gasteiger partial charge in [0, 0.05) is 50.4 Å². The fourth-order valence-corrected chi connectivity index (χ4v) is 7.20. The quantitative estimate of drug-likeness (QED) is 0.511. The van der Waals surface area contributed by atoms with E-state index in [9.17, 15) is 12.8 Å². The Morgan fingerprint density at radius 1 is 1.05 bits per heavy atom. The number of ether oxygens (including phenoxy) is 1. The number of nitrogens with one attached hydrogen (secondary N) is 2. The summed E-state index contributed by atoms with van der Waals surface area (Å²) in [4.78, 5) is 4.23. The molecule has 5 rings (SSSR count). The van der Waals surface area contributed by atoms with Gasteiger partial charge in [-0.25, -0.2) is 4.39 Å². The van der Waals surface area contributed by atoms with Gasteiger partial charge in [-0.3, -0.25) is 0 Å². The fraction of sp³-hybridized carbons (Fsp3) is 0.615. The molecule has 1 aromatic heterocycles. The Bertz CT molecular complexity index is 1130. The maximum atomic E-state index is 13.7. The van der Waals surface area contributed by atoms with Gasteiger partial charge in [-0.1, -0.05) is 12.1 Å². The van der Waals surface area contributed by atoms with E-state index in [1.165, 1.54) is 6.07 Å². The van der Waals surface area contributed by atoms with E-state index in [0.717, 1.165) is 50.2 Å². The summed E-state index contributed by atoms with van der Waals surface area (Å²) < 4.78 is 51.5. The monoisotopic (exact) mass is 532 g/mol. The number of nitrogens with zero attached hydrogens (tertiary/aromatic N) is 4. The first-order chi connectivity index (χ1) is 17.8. The molecule has 3 fully saturated rings. The number of aromatic nitrogens is 2. The summed E-state index contributed by atoms with van der Waals surface area (Å²) in [5.74, 6) is 0.930. The van der Waals surface area contributed by atoms with Gasteiger partial charge in [0.25, 0.3) is 10.2 Å². The first-order valence-electron chi connectivity index (χ1n) is 13.2. The van der Waals surface area contributed by atoms with Crippen molar-refractivity contribution in [3.63, 3.8) is 0 Å². The van der Waals surface area contributed by atoms with Crippen LogP contribution in [0.3, 0.4) is 0 Å². The number of likely N-dealkylation sites (tertiary alicyclic amines) is 1. The fourth-order valence-electron chi connectivity index (χ4n) is 5.84. The standard InChI is InChI=1S/C26H37FN6O3S/c1-32-16-23(17-32)30-37(34,35)31-25-11-13-33(26-6-3-12-28-29-26)15-21(25)18-36-24-9-7-19(8-10-24)20-4-2-5-22(27)14-20/h2-6,12,14,19,21,23-25,30-31H,7-11,13,15-18H2,1H3/t19-,21-,24+,25-/m0/s1. The lowest BCUT2D eigenvalue weighted by Gasteiger charge is -2.41.